The van der Waals surface area contributed by atoms with Crippen LogP contribution in [0.25, 0.3) is 11.0 Å². The summed E-state index contributed by atoms with van der Waals surface area (Å²) in [5.74, 6) is 0.445. The minimum Gasteiger partial charge on any atom is -0.484 e. The zero-order valence-electron chi connectivity index (χ0n) is 18.1. The van der Waals surface area contributed by atoms with Gasteiger partial charge >= 0.3 is 0 Å². The number of aryl methyl sites for hydroxylation is 2. The van der Waals surface area contributed by atoms with Crippen LogP contribution in [-0.2, 0) is 4.79 Å². The lowest BCUT2D eigenvalue weighted by molar-refractivity contribution is -0.118. The van der Waals surface area contributed by atoms with Crippen molar-refractivity contribution in [2.45, 2.75) is 13.8 Å². The second-order valence-corrected chi connectivity index (χ2v) is 8.66. The Morgan fingerprint density at radius 2 is 1.71 bits per heavy atom. The molecule has 6 nitrogen and oxygen atoms in total. The van der Waals surface area contributed by atoms with Crippen molar-refractivity contribution < 1.29 is 18.7 Å². The molecule has 0 saturated heterocycles. The Labute approximate surface area is 210 Å². The number of fused-ring (bicyclic) bond motifs is 1. The summed E-state index contributed by atoms with van der Waals surface area (Å²) < 4.78 is 16.9. The van der Waals surface area contributed by atoms with E-state index in [0.717, 1.165) is 11.1 Å². The maximum atomic E-state index is 12.9. The third-order valence-electron chi connectivity index (χ3n) is 4.95. The van der Waals surface area contributed by atoms with Crippen LogP contribution in [0.15, 0.2) is 64.0 Å². The van der Waals surface area contributed by atoms with E-state index in [-0.39, 0.29) is 28.4 Å². The zero-order chi connectivity index (χ0) is 24.4. The second-order valence-electron chi connectivity index (χ2n) is 7.50. The predicted molar refractivity (Wildman–Crippen MR) is 134 cm³/mol. The molecule has 174 valence electrons. The van der Waals surface area contributed by atoms with Crippen molar-refractivity contribution in [2.24, 2.45) is 0 Å². The van der Waals surface area contributed by atoms with E-state index in [1.165, 1.54) is 12.3 Å². The van der Waals surface area contributed by atoms with Gasteiger partial charge in [0.2, 0.25) is 11.2 Å². The summed E-state index contributed by atoms with van der Waals surface area (Å²) in [6.07, 6.45) is 1.24. The molecular weight excluding hydrogens is 501 g/mol. The number of benzene rings is 3. The van der Waals surface area contributed by atoms with E-state index in [0.29, 0.717) is 32.6 Å². The number of ether oxygens (including phenoxy) is 2. The van der Waals surface area contributed by atoms with Crippen LogP contribution in [0.3, 0.4) is 0 Å². The Morgan fingerprint density at radius 3 is 2.44 bits per heavy atom. The first-order chi connectivity index (χ1) is 16.2. The van der Waals surface area contributed by atoms with Gasteiger partial charge in [0.1, 0.15) is 23.3 Å². The number of hydrogen-bond acceptors (Lipinski definition) is 5. The maximum Gasteiger partial charge on any atom is 0.262 e. The van der Waals surface area contributed by atoms with Gasteiger partial charge in [0, 0.05) is 11.1 Å². The monoisotopic (exact) mass is 517 g/mol. The number of amides is 1. The van der Waals surface area contributed by atoms with Gasteiger partial charge in [0.15, 0.2) is 6.61 Å². The molecule has 0 unspecified atom stereocenters. The summed E-state index contributed by atoms with van der Waals surface area (Å²) in [5, 5.41) is 4.16. The van der Waals surface area contributed by atoms with E-state index in [1.54, 1.807) is 42.5 Å². The summed E-state index contributed by atoms with van der Waals surface area (Å²) >= 11 is 18.2. The van der Waals surface area contributed by atoms with Crippen molar-refractivity contribution in [3.63, 3.8) is 0 Å². The SMILES string of the molecule is Cc1cc(Oc2coc3cc(OCC(=O)Nc4cccc(Cl)c4Cl)ccc3c2=O)cc(C)c1Cl. The van der Waals surface area contributed by atoms with E-state index < -0.39 is 5.91 Å². The van der Waals surface area contributed by atoms with Gasteiger partial charge in [-0.1, -0.05) is 40.9 Å². The van der Waals surface area contributed by atoms with Gasteiger partial charge in [-0.15, -0.1) is 0 Å². The molecule has 4 rings (SSSR count). The van der Waals surface area contributed by atoms with Gasteiger partial charge in [-0.2, -0.15) is 0 Å². The lowest BCUT2D eigenvalue weighted by Gasteiger charge is -2.11. The van der Waals surface area contributed by atoms with Gasteiger partial charge in [-0.3, -0.25) is 9.59 Å². The average Bonchev–Trinajstić information content (AvgIpc) is 2.81. The van der Waals surface area contributed by atoms with E-state index in [4.69, 9.17) is 48.7 Å². The number of rotatable bonds is 6. The standard InChI is InChI=1S/C25H18Cl3NO5/c1-13-8-16(9-14(2)23(13)27)34-21-11-33-20-10-15(6-7-17(20)25(21)31)32-12-22(30)29-19-5-3-4-18(26)24(19)28/h3-11H,12H2,1-2H3,(H,29,30). The number of halogens is 3. The van der Waals surface area contributed by atoms with Crippen LogP contribution in [0.1, 0.15) is 11.1 Å². The van der Waals surface area contributed by atoms with Crippen LogP contribution in [0.4, 0.5) is 5.69 Å². The van der Waals surface area contributed by atoms with Crippen molar-refractivity contribution in [2.75, 3.05) is 11.9 Å². The Kier molecular flexibility index (Phi) is 7.03. The van der Waals surface area contributed by atoms with E-state index in [9.17, 15) is 9.59 Å². The number of carbonyl (C=O) groups excluding carboxylic acids is 1. The molecule has 0 radical (unpaired) electrons. The Balaban J connectivity index is 1.47. The third-order valence-corrected chi connectivity index (χ3v) is 6.36. The molecule has 1 amide bonds. The van der Waals surface area contributed by atoms with Crippen LogP contribution in [0, 0.1) is 13.8 Å². The van der Waals surface area contributed by atoms with E-state index in [2.05, 4.69) is 5.32 Å². The van der Waals surface area contributed by atoms with Crippen LogP contribution >= 0.6 is 34.8 Å². The first-order valence-electron chi connectivity index (χ1n) is 10.1. The highest BCUT2D eigenvalue weighted by molar-refractivity contribution is 6.44. The summed E-state index contributed by atoms with van der Waals surface area (Å²) in [4.78, 5) is 25.1. The molecule has 9 heteroatoms. The fourth-order valence-corrected chi connectivity index (χ4v) is 3.74. The Morgan fingerprint density at radius 1 is 0.971 bits per heavy atom. The highest BCUT2D eigenvalue weighted by Crippen LogP contribution is 2.30. The van der Waals surface area contributed by atoms with Crippen LogP contribution < -0.4 is 20.2 Å². The zero-order valence-corrected chi connectivity index (χ0v) is 20.3. The quantitative estimate of drug-likeness (QED) is 0.292. The molecule has 0 atom stereocenters. The molecule has 34 heavy (non-hydrogen) atoms. The van der Waals surface area contributed by atoms with Crippen LogP contribution in [0.5, 0.6) is 17.2 Å². The Bertz CT molecular complexity index is 1440. The van der Waals surface area contributed by atoms with Crippen LogP contribution in [0.2, 0.25) is 15.1 Å². The predicted octanol–water partition coefficient (Wildman–Crippen LogP) is 7.18. The number of hydrogen-bond donors (Lipinski definition) is 1. The van der Waals surface area contributed by atoms with Crippen molar-refractivity contribution in [3.05, 3.63) is 91.2 Å². The molecule has 0 fully saturated rings. The van der Waals surface area contributed by atoms with Crippen molar-refractivity contribution in [1.29, 1.82) is 0 Å². The molecule has 1 aromatic heterocycles. The van der Waals surface area contributed by atoms with Gasteiger partial charge in [-0.25, -0.2) is 0 Å². The Hall–Kier alpha value is -3.19. The first kappa shape index (κ1) is 24.0. The van der Waals surface area contributed by atoms with Crippen molar-refractivity contribution >= 4 is 57.4 Å². The molecule has 3 aromatic carbocycles. The lowest BCUT2D eigenvalue weighted by Crippen LogP contribution is -2.20. The fraction of sp³-hybridized carbons (Fsp3) is 0.120. The van der Waals surface area contributed by atoms with Crippen molar-refractivity contribution in [1.82, 2.24) is 0 Å². The molecule has 0 aliphatic heterocycles. The third kappa shape index (κ3) is 5.14. The fourth-order valence-electron chi connectivity index (χ4n) is 3.28. The van der Waals surface area contributed by atoms with Gasteiger partial charge in [0.05, 0.1) is 21.1 Å². The van der Waals surface area contributed by atoms with Gasteiger partial charge in [-0.05, 0) is 61.4 Å². The summed E-state index contributed by atoms with van der Waals surface area (Å²) in [7, 11) is 0. The molecule has 0 aliphatic rings. The molecular formula is C25H18Cl3NO5. The summed E-state index contributed by atoms with van der Waals surface area (Å²) in [5.41, 5.74) is 2.00. The topological polar surface area (TPSA) is 77.8 Å². The highest BCUT2D eigenvalue weighted by atomic mass is 35.5. The molecule has 0 spiro atoms. The number of carbonyl (C=O) groups is 1. The molecule has 0 bridgehead atoms. The summed E-state index contributed by atoms with van der Waals surface area (Å²) in [6, 6.07) is 13.1. The minimum absolute atomic E-state index is 0.0417. The normalized spacial score (nSPS) is 10.9. The lowest BCUT2D eigenvalue weighted by atomic mass is 10.1. The van der Waals surface area contributed by atoms with Gasteiger partial charge < -0.3 is 19.2 Å². The molecule has 0 aliphatic carbocycles. The molecule has 1 heterocycles. The van der Waals surface area contributed by atoms with Gasteiger partial charge in [0.25, 0.3) is 5.91 Å². The van der Waals surface area contributed by atoms with Crippen LogP contribution in [-0.4, -0.2) is 12.5 Å². The average molecular weight is 519 g/mol. The molecule has 1 N–H and O–H groups in total. The number of anilines is 1. The molecule has 0 saturated carbocycles. The smallest absolute Gasteiger partial charge is 0.262 e. The number of nitrogens with one attached hydrogen (secondary N) is 1. The maximum absolute atomic E-state index is 12.9. The highest BCUT2D eigenvalue weighted by Gasteiger charge is 2.13. The largest absolute Gasteiger partial charge is 0.484 e. The van der Waals surface area contributed by atoms with E-state index >= 15 is 0 Å². The molecule has 4 aromatic rings. The second kappa shape index (κ2) is 9.97. The minimum atomic E-state index is -0.428. The van der Waals surface area contributed by atoms with Crippen molar-refractivity contribution in [3.8, 4) is 17.2 Å². The first-order valence-corrected chi connectivity index (χ1v) is 11.2. The summed E-state index contributed by atoms with van der Waals surface area (Å²) in [6.45, 7) is 3.43. The van der Waals surface area contributed by atoms with E-state index in [1.807, 2.05) is 13.8 Å².